The Balaban J connectivity index is 3.16. The summed E-state index contributed by atoms with van der Waals surface area (Å²) in [4.78, 5) is 23.9. The van der Waals surface area contributed by atoms with E-state index in [1.165, 1.54) is 7.11 Å². The van der Waals surface area contributed by atoms with E-state index >= 15 is 0 Å². The van der Waals surface area contributed by atoms with Crippen molar-refractivity contribution in [3.05, 3.63) is 23.1 Å². The second-order valence-corrected chi connectivity index (χ2v) is 4.59. The Labute approximate surface area is 115 Å². The molecule has 4 N–H and O–H groups in total. The third kappa shape index (κ3) is 3.25. The molecule has 0 saturated heterocycles. The lowest BCUT2D eigenvalue weighted by molar-refractivity contribution is 0.0603. The first kappa shape index (κ1) is 15.0. The number of nitrogens with one attached hydrogen (secondary N) is 2. The van der Waals surface area contributed by atoms with Gasteiger partial charge in [0, 0.05) is 13.1 Å². The number of methoxy groups -OCH3 is 1. The third-order valence-corrected chi connectivity index (χ3v) is 3.45. The summed E-state index contributed by atoms with van der Waals surface area (Å²) in [6, 6.07) is 0. The van der Waals surface area contributed by atoms with Crippen LogP contribution in [0.1, 0.15) is 27.0 Å². The summed E-state index contributed by atoms with van der Waals surface area (Å²) in [6.45, 7) is 6.34. The average Bonchev–Trinajstić information content (AvgIpc) is 2.72. The molecule has 0 saturated carbocycles. The molecule has 19 heavy (non-hydrogen) atoms. The number of nitrogens with two attached hydrogens (primary N) is 1. The minimum Gasteiger partial charge on any atom is -0.465 e. The first-order valence-electron chi connectivity index (χ1n) is 5.70. The fourth-order valence-corrected chi connectivity index (χ4v) is 2.54. The predicted molar refractivity (Wildman–Crippen MR) is 76.8 cm³/mol. The number of carbonyl (C=O) groups excluding carboxylic acids is 2. The number of hydrogen-bond donors (Lipinski definition) is 3. The average molecular weight is 283 g/mol. The molecule has 0 aliphatic carbocycles. The van der Waals surface area contributed by atoms with Gasteiger partial charge in [0.2, 0.25) is 0 Å². The van der Waals surface area contributed by atoms with Gasteiger partial charge in [0.15, 0.2) is 0 Å². The van der Waals surface area contributed by atoms with E-state index < -0.39 is 5.97 Å². The Bertz CT molecular complexity index is 497. The van der Waals surface area contributed by atoms with Crippen molar-refractivity contribution >= 4 is 33.9 Å². The van der Waals surface area contributed by atoms with Gasteiger partial charge in [0.1, 0.15) is 15.4 Å². The predicted octanol–water partition coefficient (Wildman–Crippen LogP) is 1.46. The first-order chi connectivity index (χ1) is 9.06. The van der Waals surface area contributed by atoms with Crippen LogP contribution in [0.3, 0.4) is 0 Å². The molecular formula is C12H17N3O3S. The summed E-state index contributed by atoms with van der Waals surface area (Å²) < 4.78 is 4.68. The van der Waals surface area contributed by atoms with Gasteiger partial charge in [-0.2, -0.15) is 0 Å². The highest BCUT2D eigenvalue weighted by atomic mass is 32.1. The summed E-state index contributed by atoms with van der Waals surface area (Å²) in [6.07, 6.45) is 1.56. The van der Waals surface area contributed by atoms with Gasteiger partial charge in [-0.1, -0.05) is 6.08 Å². The number of anilines is 2. The molecule has 0 atom stereocenters. The summed E-state index contributed by atoms with van der Waals surface area (Å²) in [5.74, 6) is -0.899. The molecule has 0 radical (unpaired) electrons. The number of rotatable bonds is 6. The molecule has 1 rings (SSSR count). The van der Waals surface area contributed by atoms with Crippen LogP contribution in [-0.4, -0.2) is 32.1 Å². The molecule has 1 heterocycles. The normalized spacial score (nSPS) is 9.79. The molecule has 0 unspecified atom stereocenters. The van der Waals surface area contributed by atoms with Crippen molar-refractivity contribution < 1.29 is 14.3 Å². The topological polar surface area (TPSA) is 93.5 Å². The Kier molecular flexibility index (Phi) is 5.37. The molecular weight excluding hydrogens is 266 g/mol. The molecule has 6 nitrogen and oxygen atoms in total. The minimum absolute atomic E-state index is 0.134. The van der Waals surface area contributed by atoms with Crippen LogP contribution in [0.2, 0.25) is 0 Å². The number of nitrogen functional groups attached to an aromatic ring is 1. The van der Waals surface area contributed by atoms with Crippen LogP contribution in [-0.2, 0) is 4.74 Å². The van der Waals surface area contributed by atoms with Crippen LogP contribution in [0.25, 0.3) is 0 Å². The molecule has 0 aliphatic heterocycles. The quantitative estimate of drug-likeness (QED) is 0.543. The summed E-state index contributed by atoms with van der Waals surface area (Å²) in [7, 11) is 1.27. The largest absolute Gasteiger partial charge is 0.465 e. The maximum atomic E-state index is 11.9. The van der Waals surface area contributed by atoms with Crippen LogP contribution in [0, 0.1) is 0 Å². The fraction of sp³-hybridized carbons (Fsp3) is 0.333. The van der Waals surface area contributed by atoms with Gasteiger partial charge in [-0.15, -0.1) is 17.9 Å². The van der Waals surface area contributed by atoms with Crippen molar-refractivity contribution in [2.75, 3.05) is 31.2 Å². The van der Waals surface area contributed by atoms with Gasteiger partial charge in [-0.3, -0.25) is 4.79 Å². The molecule has 104 valence electrons. The van der Waals surface area contributed by atoms with Crippen molar-refractivity contribution in [2.24, 2.45) is 0 Å². The zero-order valence-corrected chi connectivity index (χ0v) is 11.7. The maximum Gasteiger partial charge on any atom is 0.343 e. The molecule has 0 aromatic carbocycles. The zero-order valence-electron chi connectivity index (χ0n) is 10.9. The third-order valence-electron chi connectivity index (χ3n) is 2.29. The van der Waals surface area contributed by atoms with E-state index in [1.807, 2.05) is 6.92 Å². The number of carbonyl (C=O) groups is 2. The van der Waals surface area contributed by atoms with Crippen molar-refractivity contribution in [1.82, 2.24) is 5.32 Å². The zero-order chi connectivity index (χ0) is 14.4. The lowest BCUT2D eigenvalue weighted by atomic mass is 10.2. The fourth-order valence-electron chi connectivity index (χ4n) is 1.45. The Morgan fingerprint density at radius 2 is 2.21 bits per heavy atom. The maximum absolute atomic E-state index is 11.9. The van der Waals surface area contributed by atoms with Crippen molar-refractivity contribution in [1.29, 1.82) is 0 Å². The van der Waals surface area contributed by atoms with E-state index in [2.05, 4.69) is 21.9 Å². The van der Waals surface area contributed by atoms with Crippen LogP contribution < -0.4 is 16.4 Å². The van der Waals surface area contributed by atoms with Crippen molar-refractivity contribution in [3.8, 4) is 0 Å². The van der Waals surface area contributed by atoms with Crippen LogP contribution in [0.4, 0.5) is 10.7 Å². The standard InChI is InChI=1S/C12H17N3O3S/c1-4-6-15-10(16)9-8(13)7(12(17)18-3)11(19-9)14-5-2/h4,14H,1,5-6,13H2,2-3H3,(H,15,16). The van der Waals surface area contributed by atoms with Gasteiger partial charge in [0.25, 0.3) is 5.91 Å². The molecule has 1 amide bonds. The second kappa shape index (κ2) is 6.79. The van der Waals surface area contributed by atoms with E-state index in [9.17, 15) is 9.59 Å². The van der Waals surface area contributed by atoms with Crippen molar-refractivity contribution in [2.45, 2.75) is 6.92 Å². The van der Waals surface area contributed by atoms with Crippen LogP contribution >= 0.6 is 11.3 Å². The second-order valence-electron chi connectivity index (χ2n) is 3.57. The molecule has 0 bridgehead atoms. The van der Waals surface area contributed by atoms with E-state index in [4.69, 9.17) is 5.73 Å². The van der Waals surface area contributed by atoms with E-state index in [0.717, 1.165) is 11.3 Å². The molecule has 1 aromatic heterocycles. The monoisotopic (exact) mass is 283 g/mol. The van der Waals surface area contributed by atoms with E-state index in [0.29, 0.717) is 23.0 Å². The smallest absolute Gasteiger partial charge is 0.343 e. The minimum atomic E-state index is -0.563. The highest BCUT2D eigenvalue weighted by Crippen LogP contribution is 2.36. The SMILES string of the molecule is C=CCNC(=O)c1sc(NCC)c(C(=O)OC)c1N. The number of amides is 1. The highest BCUT2D eigenvalue weighted by Gasteiger charge is 2.25. The number of thiophene rings is 1. The summed E-state index contributed by atoms with van der Waals surface area (Å²) in [5, 5.41) is 6.16. The molecule has 0 fully saturated rings. The number of esters is 1. The van der Waals surface area contributed by atoms with Gasteiger partial charge in [-0.05, 0) is 6.92 Å². The van der Waals surface area contributed by atoms with Gasteiger partial charge in [-0.25, -0.2) is 4.79 Å². The van der Waals surface area contributed by atoms with Crippen LogP contribution in [0.5, 0.6) is 0 Å². The Morgan fingerprint density at radius 3 is 2.74 bits per heavy atom. The molecule has 1 aromatic rings. The molecule has 7 heteroatoms. The summed E-state index contributed by atoms with van der Waals surface area (Å²) >= 11 is 1.13. The molecule has 0 aliphatic rings. The summed E-state index contributed by atoms with van der Waals surface area (Å²) in [5.41, 5.74) is 6.21. The first-order valence-corrected chi connectivity index (χ1v) is 6.51. The Hall–Kier alpha value is -2.02. The highest BCUT2D eigenvalue weighted by molar-refractivity contribution is 7.19. The lowest BCUT2D eigenvalue weighted by Gasteiger charge is -2.03. The van der Waals surface area contributed by atoms with E-state index in [-0.39, 0.29) is 17.2 Å². The number of ether oxygens (including phenoxy) is 1. The van der Waals surface area contributed by atoms with E-state index in [1.54, 1.807) is 6.08 Å². The molecule has 0 spiro atoms. The van der Waals surface area contributed by atoms with Gasteiger partial charge in [0.05, 0.1) is 12.8 Å². The number of hydrogen-bond acceptors (Lipinski definition) is 6. The Morgan fingerprint density at radius 1 is 1.53 bits per heavy atom. The van der Waals surface area contributed by atoms with Crippen LogP contribution in [0.15, 0.2) is 12.7 Å². The van der Waals surface area contributed by atoms with Crippen molar-refractivity contribution in [3.63, 3.8) is 0 Å². The van der Waals surface area contributed by atoms with Gasteiger partial charge >= 0.3 is 5.97 Å². The lowest BCUT2D eigenvalue weighted by Crippen LogP contribution is -2.23. The van der Waals surface area contributed by atoms with Gasteiger partial charge < -0.3 is 21.1 Å².